The number of aryl methyl sites for hydroxylation is 3. The van der Waals surface area contributed by atoms with Crippen LogP contribution in [-0.4, -0.2) is 44.7 Å². The van der Waals surface area contributed by atoms with Crippen molar-refractivity contribution in [1.29, 1.82) is 0 Å². The quantitative estimate of drug-likeness (QED) is 0.812. The zero-order valence-electron chi connectivity index (χ0n) is 14.7. The Morgan fingerprint density at radius 3 is 2.40 bits per heavy atom. The fraction of sp³-hybridized carbons (Fsp3) is 0.500. The molecule has 3 N–H and O–H groups in total. The van der Waals surface area contributed by atoms with Gasteiger partial charge in [0.05, 0.1) is 25.2 Å². The number of halogens is 2. The number of carbonyl (C=O) groups excluding carboxylic acids is 1. The molecule has 0 atom stereocenters. The van der Waals surface area contributed by atoms with Crippen LogP contribution in [0.25, 0.3) is 5.95 Å². The van der Waals surface area contributed by atoms with Gasteiger partial charge in [-0.1, -0.05) is 0 Å². The van der Waals surface area contributed by atoms with Gasteiger partial charge in [0, 0.05) is 22.6 Å². The van der Waals surface area contributed by atoms with E-state index in [2.05, 4.69) is 20.4 Å². The molecule has 0 aliphatic rings. The summed E-state index contributed by atoms with van der Waals surface area (Å²) in [5, 5.41) is 6.59. The summed E-state index contributed by atoms with van der Waals surface area (Å²) < 4.78 is 27.8. The third kappa shape index (κ3) is 4.56. The number of aromatic nitrogens is 4. The standard InChI is InChI=1S/C16H22F2N6O/c1-9-5-10(2)22-15(21-9)24-12(4)13(11(3)23-24)6-14(25)20-8-16(17,18)7-19/h5H,6-8,19H2,1-4H3,(H,20,25). The van der Waals surface area contributed by atoms with Crippen molar-refractivity contribution in [1.82, 2.24) is 25.1 Å². The van der Waals surface area contributed by atoms with Gasteiger partial charge in [-0.05, 0) is 33.8 Å². The first-order valence-corrected chi connectivity index (χ1v) is 7.85. The van der Waals surface area contributed by atoms with Crippen LogP contribution < -0.4 is 11.1 Å². The van der Waals surface area contributed by atoms with Gasteiger partial charge in [0.1, 0.15) is 0 Å². The van der Waals surface area contributed by atoms with Gasteiger partial charge in [0.2, 0.25) is 5.91 Å². The van der Waals surface area contributed by atoms with Crippen LogP contribution >= 0.6 is 0 Å². The predicted molar refractivity (Wildman–Crippen MR) is 88.8 cm³/mol. The highest BCUT2D eigenvalue weighted by Crippen LogP contribution is 2.17. The number of hydrogen-bond donors (Lipinski definition) is 2. The monoisotopic (exact) mass is 352 g/mol. The molecule has 0 aliphatic heterocycles. The van der Waals surface area contributed by atoms with Crippen molar-refractivity contribution >= 4 is 5.91 Å². The van der Waals surface area contributed by atoms with Crippen molar-refractivity contribution in [3.63, 3.8) is 0 Å². The van der Waals surface area contributed by atoms with Crippen LogP contribution in [-0.2, 0) is 11.2 Å². The van der Waals surface area contributed by atoms with Gasteiger partial charge in [-0.15, -0.1) is 0 Å². The summed E-state index contributed by atoms with van der Waals surface area (Å²) in [6.45, 7) is 5.66. The average molecular weight is 352 g/mol. The molecule has 2 rings (SSSR count). The lowest BCUT2D eigenvalue weighted by Crippen LogP contribution is -2.42. The molecule has 9 heteroatoms. The van der Waals surface area contributed by atoms with Crippen LogP contribution in [0.4, 0.5) is 8.78 Å². The summed E-state index contributed by atoms with van der Waals surface area (Å²) in [5.41, 5.74) is 8.55. The largest absolute Gasteiger partial charge is 0.350 e. The second kappa shape index (κ2) is 7.22. The lowest BCUT2D eigenvalue weighted by Gasteiger charge is -2.14. The van der Waals surface area contributed by atoms with Crippen molar-refractivity contribution < 1.29 is 13.6 Å². The molecule has 2 aromatic rings. The number of nitrogens with two attached hydrogens (primary N) is 1. The number of alkyl halides is 2. The maximum atomic E-state index is 13.1. The smallest absolute Gasteiger partial charge is 0.277 e. The van der Waals surface area contributed by atoms with E-state index in [1.165, 1.54) is 0 Å². The summed E-state index contributed by atoms with van der Waals surface area (Å²) in [6.07, 6.45) is -0.0525. The first-order chi connectivity index (χ1) is 11.6. The van der Waals surface area contributed by atoms with Gasteiger partial charge in [-0.3, -0.25) is 4.79 Å². The van der Waals surface area contributed by atoms with Gasteiger partial charge in [0.25, 0.3) is 11.9 Å². The number of nitrogens with one attached hydrogen (secondary N) is 1. The molecule has 0 bridgehead atoms. The molecule has 0 unspecified atom stereocenters. The summed E-state index contributed by atoms with van der Waals surface area (Å²) in [4.78, 5) is 20.7. The van der Waals surface area contributed by atoms with E-state index in [0.29, 0.717) is 22.9 Å². The molecule has 2 heterocycles. The van der Waals surface area contributed by atoms with Crippen LogP contribution in [0.3, 0.4) is 0 Å². The van der Waals surface area contributed by atoms with Crippen LogP contribution in [0, 0.1) is 27.7 Å². The average Bonchev–Trinajstić information content (AvgIpc) is 2.80. The first kappa shape index (κ1) is 18.9. The minimum Gasteiger partial charge on any atom is -0.350 e. The lowest BCUT2D eigenvalue weighted by molar-refractivity contribution is -0.122. The molecular formula is C16H22F2N6O. The zero-order valence-corrected chi connectivity index (χ0v) is 14.7. The number of amides is 1. The van der Waals surface area contributed by atoms with Crippen molar-refractivity contribution in [2.75, 3.05) is 13.1 Å². The lowest BCUT2D eigenvalue weighted by atomic mass is 10.1. The van der Waals surface area contributed by atoms with E-state index in [-0.39, 0.29) is 6.42 Å². The summed E-state index contributed by atoms with van der Waals surface area (Å²) in [7, 11) is 0. The molecule has 0 aliphatic carbocycles. The maximum absolute atomic E-state index is 13.1. The van der Waals surface area contributed by atoms with E-state index in [1.807, 2.05) is 19.9 Å². The molecule has 136 valence electrons. The van der Waals surface area contributed by atoms with Gasteiger partial charge in [0.15, 0.2) is 0 Å². The number of nitrogens with zero attached hydrogens (tertiary/aromatic N) is 4. The van der Waals surface area contributed by atoms with Crippen molar-refractivity contribution in [2.24, 2.45) is 5.73 Å². The highest BCUT2D eigenvalue weighted by molar-refractivity contribution is 5.79. The van der Waals surface area contributed by atoms with Crippen LogP contribution in [0.2, 0.25) is 0 Å². The zero-order chi connectivity index (χ0) is 18.8. The number of hydrogen-bond acceptors (Lipinski definition) is 5. The van der Waals surface area contributed by atoms with Crippen molar-refractivity contribution in [2.45, 2.75) is 40.0 Å². The molecule has 25 heavy (non-hydrogen) atoms. The van der Waals surface area contributed by atoms with E-state index >= 15 is 0 Å². The maximum Gasteiger partial charge on any atom is 0.277 e. The van der Waals surface area contributed by atoms with Crippen molar-refractivity contribution in [3.05, 3.63) is 34.4 Å². The van der Waals surface area contributed by atoms with Gasteiger partial charge in [-0.25, -0.2) is 23.4 Å². The fourth-order valence-corrected chi connectivity index (χ4v) is 2.45. The Bertz CT molecular complexity index is 767. The van der Waals surface area contributed by atoms with Gasteiger partial charge < -0.3 is 11.1 Å². The Balaban J connectivity index is 2.21. The Morgan fingerprint density at radius 1 is 1.24 bits per heavy atom. The van der Waals surface area contributed by atoms with Crippen LogP contribution in [0.1, 0.15) is 28.3 Å². The van der Waals surface area contributed by atoms with Gasteiger partial charge in [-0.2, -0.15) is 5.10 Å². The third-order valence-corrected chi connectivity index (χ3v) is 3.78. The molecule has 0 aromatic carbocycles. The second-order valence-electron chi connectivity index (χ2n) is 6.03. The minimum absolute atomic E-state index is 0.0525. The first-order valence-electron chi connectivity index (χ1n) is 7.85. The van der Waals surface area contributed by atoms with E-state index in [9.17, 15) is 13.6 Å². The Labute approximate surface area is 144 Å². The summed E-state index contributed by atoms with van der Waals surface area (Å²) in [6, 6.07) is 1.85. The third-order valence-electron chi connectivity index (χ3n) is 3.78. The van der Waals surface area contributed by atoms with E-state index in [4.69, 9.17) is 5.73 Å². The molecule has 2 aromatic heterocycles. The molecule has 0 spiro atoms. The van der Waals surface area contributed by atoms with Crippen LogP contribution in [0.5, 0.6) is 0 Å². The molecule has 1 amide bonds. The van der Waals surface area contributed by atoms with Crippen molar-refractivity contribution in [3.8, 4) is 5.95 Å². The molecule has 7 nitrogen and oxygen atoms in total. The van der Waals surface area contributed by atoms with Gasteiger partial charge >= 0.3 is 0 Å². The summed E-state index contributed by atoms with van der Waals surface area (Å²) >= 11 is 0. The number of carbonyl (C=O) groups is 1. The normalized spacial score (nSPS) is 11.6. The van der Waals surface area contributed by atoms with Crippen LogP contribution in [0.15, 0.2) is 6.07 Å². The fourth-order valence-electron chi connectivity index (χ4n) is 2.45. The SMILES string of the molecule is Cc1cc(C)nc(-n2nc(C)c(CC(=O)NCC(F)(F)CN)c2C)n1. The van der Waals surface area contributed by atoms with E-state index in [0.717, 1.165) is 11.4 Å². The second-order valence-corrected chi connectivity index (χ2v) is 6.03. The topological polar surface area (TPSA) is 98.7 Å². The molecule has 0 saturated heterocycles. The highest BCUT2D eigenvalue weighted by atomic mass is 19.3. The van der Waals surface area contributed by atoms with E-state index < -0.39 is 24.9 Å². The Morgan fingerprint density at radius 2 is 1.84 bits per heavy atom. The predicted octanol–water partition coefficient (Wildman–Crippen LogP) is 1.15. The number of rotatable bonds is 6. The Kier molecular flexibility index (Phi) is 5.46. The molecule has 0 saturated carbocycles. The molecular weight excluding hydrogens is 330 g/mol. The highest BCUT2D eigenvalue weighted by Gasteiger charge is 2.27. The summed E-state index contributed by atoms with van der Waals surface area (Å²) in [5.74, 6) is -3.21. The van der Waals surface area contributed by atoms with E-state index in [1.54, 1.807) is 18.5 Å². The minimum atomic E-state index is -3.11. The molecule has 0 radical (unpaired) electrons. The Hall–Kier alpha value is -2.42. The molecule has 0 fully saturated rings.